The van der Waals surface area contributed by atoms with Crippen LogP contribution in [0, 0.1) is 6.92 Å². The number of aromatic amines is 1. The molecule has 0 radical (unpaired) electrons. The molecule has 6 heteroatoms. The molecule has 0 saturated carbocycles. The summed E-state index contributed by atoms with van der Waals surface area (Å²) in [7, 11) is 0. The molecule has 0 aliphatic rings. The van der Waals surface area contributed by atoms with Crippen molar-refractivity contribution in [3.8, 4) is 11.4 Å². The number of rotatable bonds is 9. The highest BCUT2D eigenvalue weighted by Gasteiger charge is 2.14. The lowest BCUT2D eigenvalue weighted by atomic mass is 10.1. The van der Waals surface area contributed by atoms with Gasteiger partial charge in [0.15, 0.2) is 5.82 Å². The molecule has 1 unspecified atom stereocenters. The maximum absolute atomic E-state index is 4.96. The second-order valence-electron chi connectivity index (χ2n) is 8.25. The van der Waals surface area contributed by atoms with Crippen LogP contribution in [0.1, 0.15) is 39.2 Å². The number of anilines is 1. The molecular formula is C25H32N6. The summed E-state index contributed by atoms with van der Waals surface area (Å²) in [6.45, 7) is 12.2. The van der Waals surface area contributed by atoms with E-state index in [0.717, 1.165) is 70.6 Å². The van der Waals surface area contributed by atoms with Crippen molar-refractivity contribution >= 4 is 27.6 Å². The van der Waals surface area contributed by atoms with Crippen molar-refractivity contribution in [2.45, 2.75) is 46.6 Å². The third kappa shape index (κ3) is 4.69. The standard InChI is InChI=1S/C25H32N6/c1-5-31(6-2)14-8-10-18(4)27-25-21-11-7-9-17(3)23(21)28-24(29-25)19-12-13-22-20(15-19)16-26-30-22/h7,9,11-13,15-16,18H,5-6,8,10,14H2,1-4H3,(H,26,30)(H,27,28,29). The van der Waals surface area contributed by atoms with Gasteiger partial charge in [0.25, 0.3) is 0 Å². The molecule has 0 saturated heterocycles. The average Bonchev–Trinajstić information content (AvgIpc) is 3.25. The van der Waals surface area contributed by atoms with Crippen molar-refractivity contribution in [1.29, 1.82) is 0 Å². The lowest BCUT2D eigenvalue weighted by molar-refractivity contribution is 0.295. The molecular weight excluding hydrogens is 384 g/mol. The normalized spacial score (nSPS) is 12.7. The van der Waals surface area contributed by atoms with E-state index in [2.05, 4.69) is 78.4 Å². The molecule has 1 atom stereocenters. The zero-order valence-corrected chi connectivity index (χ0v) is 18.9. The van der Waals surface area contributed by atoms with Gasteiger partial charge in [-0.3, -0.25) is 5.10 Å². The van der Waals surface area contributed by atoms with Crippen LogP contribution in [0.5, 0.6) is 0 Å². The molecule has 0 aliphatic carbocycles. The smallest absolute Gasteiger partial charge is 0.162 e. The third-order valence-electron chi connectivity index (χ3n) is 6.02. The number of benzene rings is 2. The predicted molar refractivity (Wildman–Crippen MR) is 129 cm³/mol. The highest BCUT2D eigenvalue weighted by atomic mass is 15.1. The number of nitrogens with zero attached hydrogens (tertiary/aromatic N) is 4. The number of fused-ring (bicyclic) bond motifs is 2. The first-order valence-corrected chi connectivity index (χ1v) is 11.3. The fraction of sp³-hybridized carbons (Fsp3) is 0.400. The Bertz CT molecular complexity index is 1160. The van der Waals surface area contributed by atoms with Crippen LogP contribution in [-0.4, -0.2) is 50.7 Å². The number of hydrogen-bond donors (Lipinski definition) is 2. The van der Waals surface area contributed by atoms with Crippen LogP contribution in [0.25, 0.3) is 33.2 Å². The maximum Gasteiger partial charge on any atom is 0.162 e. The van der Waals surface area contributed by atoms with E-state index in [9.17, 15) is 0 Å². The molecule has 2 aromatic carbocycles. The summed E-state index contributed by atoms with van der Waals surface area (Å²) in [4.78, 5) is 12.4. The van der Waals surface area contributed by atoms with Gasteiger partial charge in [0.1, 0.15) is 5.82 Å². The summed E-state index contributed by atoms with van der Waals surface area (Å²) in [6, 6.07) is 12.8. The molecule has 2 heterocycles. The van der Waals surface area contributed by atoms with Crippen LogP contribution < -0.4 is 5.32 Å². The van der Waals surface area contributed by atoms with Gasteiger partial charge in [0.05, 0.1) is 17.2 Å². The van der Waals surface area contributed by atoms with Crippen molar-refractivity contribution in [2.24, 2.45) is 0 Å². The lowest BCUT2D eigenvalue weighted by Gasteiger charge is -2.21. The van der Waals surface area contributed by atoms with Crippen LogP contribution in [0.15, 0.2) is 42.6 Å². The van der Waals surface area contributed by atoms with Gasteiger partial charge >= 0.3 is 0 Å². The third-order valence-corrected chi connectivity index (χ3v) is 6.02. The Balaban J connectivity index is 1.63. The summed E-state index contributed by atoms with van der Waals surface area (Å²) in [5.74, 6) is 1.65. The summed E-state index contributed by atoms with van der Waals surface area (Å²) in [6.07, 6.45) is 4.11. The van der Waals surface area contributed by atoms with E-state index in [1.54, 1.807) is 0 Å². The Labute approximate surface area is 184 Å². The number of aromatic nitrogens is 4. The molecule has 4 rings (SSSR count). The minimum atomic E-state index is 0.332. The van der Waals surface area contributed by atoms with Gasteiger partial charge in [-0.1, -0.05) is 26.0 Å². The number of aryl methyl sites for hydroxylation is 1. The van der Waals surface area contributed by atoms with Gasteiger partial charge in [-0.15, -0.1) is 0 Å². The van der Waals surface area contributed by atoms with Crippen LogP contribution in [0.3, 0.4) is 0 Å². The van der Waals surface area contributed by atoms with Crippen LogP contribution in [-0.2, 0) is 0 Å². The molecule has 2 N–H and O–H groups in total. The molecule has 31 heavy (non-hydrogen) atoms. The zero-order chi connectivity index (χ0) is 21.8. The van der Waals surface area contributed by atoms with E-state index in [1.807, 2.05) is 12.3 Å². The van der Waals surface area contributed by atoms with Crippen molar-refractivity contribution in [3.05, 3.63) is 48.2 Å². The van der Waals surface area contributed by atoms with E-state index < -0.39 is 0 Å². The Kier molecular flexibility index (Phi) is 6.47. The summed E-state index contributed by atoms with van der Waals surface area (Å²) >= 11 is 0. The topological polar surface area (TPSA) is 69.7 Å². The number of hydrogen-bond acceptors (Lipinski definition) is 5. The highest BCUT2D eigenvalue weighted by molar-refractivity contribution is 5.93. The fourth-order valence-electron chi connectivity index (χ4n) is 4.08. The number of nitrogens with one attached hydrogen (secondary N) is 2. The van der Waals surface area contributed by atoms with Gasteiger partial charge < -0.3 is 10.2 Å². The van der Waals surface area contributed by atoms with Crippen molar-refractivity contribution < 1.29 is 0 Å². The Morgan fingerprint density at radius 1 is 1.10 bits per heavy atom. The lowest BCUT2D eigenvalue weighted by Crippen LogP contribution is -2.25. The second-order valence-corrected chi connectivity index (χ2v) is 8.25. The van der Waals surface area contributed by atoms with E-state index in [1.165, 1.54) is 6.42 Å². The number of H-pyrrole nitrogens is 1. The molecule has 2 aromatic heterocycles. The number of para-hydroxylation sites is 1. The first-order chi connectivity index (χ1) is 15.1. The molecule has 0 aliphatic heterocycles. The highest BCUT2D eigenvalue weighted by Crippen LogP contribution is 2.29. The molecule has 4 aromatic rings. The molecule has 0 fully saturated rings. The van der Waals surface area contributed by atoms with Gasteiger partial charge in [-0.25, -0.2) is 9.97 Å². The van der Waals surface area contributed by atoms with E-state index in [0.29, 0.717) is 6.04 Å². The van der Waals surface area contributed by atoms with Crippen molar-refractivity contribution in [2.75, 3.05) is 25.0 Å². The van der Waals surface area contributed by atoms with Crippen LogP contribution in [0.4, 0.5) is 5.82 Å². The minimum Gasteiger partial charge on any atom is -0.367 e. The zero-order valence-electron chi connectivity index (χ0n) is 18.9. The molecule has 162 valence electrons. The minimum absolute atomic E-state index is 0.332. The average molecular weight is 417 g/mol. The first-order valence-electron chi connectivity index (χ1n) is 11.3. The van der Waals surface area contributed by atoms with E-state index in [-0.39, 0.29) is 0 Å². The Hall–Kier alpha value is -2.99. The summed E-state index contributed by atoms with van der Waals surface area (Å²) in [5.41, 5.74) is 4.16. The SMILES string of the molecule is CCN(CC)CCCC(C)Nc1nc(-c2ccc3[nH]ncc3c2)nc2c(C)cccc12. The largest absolute Gasteiger partial charge is 0.367 e. The first kappa shape index (κ1) is 21.2. The van der Waals surface area contributed by atoms with Crippen molar-refractivity contribution in [3.63, 3.8) is 0 Å². The van der Waals surface area contributed by atoms with E-state index in [4.69, 9.17) is 9.97 Å². The van der Waals surface area contributed by atoms with Crippen LogP contribution >= 0.6 is 0 Å². The molecule has 0 spiro atoms. The summed E-state index contributed by atoms with van der Waals surface area (Å²) < 4.78 is 0. The van der Waals surface area contributed by atoms with Gasteiger partial charge in [0.2, 0.25) is 0 Å². The van der Waals surface area contributed by atoms with Gasteiger partial charge in [-0.05, 0) is 76.2 Å². The molecule has 0 bridgehead atoms. The van der Waals surface area contributed by atoms with Crippen LogP contribution in [0.2, 0.25) is 0 Å². The Morgan fingerprint density at radius 3 is 2.74 bits per heavy atom. The van der Waals surface area contributed by atoms with Gasteiger partial charge in [0, 0.05) is 22.4 Å². The quantitative estimate of drug-likeness (QED) is 0.382. The molecule has 6 nitrogen and oxygen atoms in total. The van der Waals surface area contributed by atoms with Gasteiger partial charge in [-0.2, -0.15) is 5.10 Å². The second kappa shape index (κ2) is 9.43. The molecule has 0 amide bonds. The van der Waals surface area contributed by atoms with E-state index >= 15 is 0 Å². The monoisotopic (exact) mass is 416 g/mol. The predicted octanol–water partition coefficient (Wildman–Crippen LogP) is 5.40. The fourth-order valence-corrected chi connectivity index (χ4v) is 4.08. The maximum atomic E-state index is 4.96. The summed E-state index contributed by atoms with van der Waals surface area (Å²) in [5, 5.41) is 12.9. The Morgan fingerprint density at radius 2 is 1.94 bits per heavy atom. The van der Waals surface area contributed by atoms with Crippen molar-refractivity contribution in [1.82, 2.24) is 25.1 Å².